The Morgan fingerprint density at radius 2 is 1.80 bits per heavy atom. The van der Waals surface area contributed by atoms with Gasteiger partial charge in [0.2, 0.25) is 0 Å². The van der Waals surface area contributed by atoms with Crippen molar-refractivity contribution in [3.63, 3.8) is 0 Å². The van der Waals surface area contributed by atoms with Gasteiger partial charge in [0.1, 0.15) is 11.6 Å². The van der Waals surface area contributed by atoms with Crippen LogP contribution >= 0.6 is 0 Å². The summed E-state index contributed by atoms with van der Waals surface area (Å²) in [6, 6.07) is 8.70. The highest BCUT2D eigenvalue weighted by Gasteiger charge is 2.28. The van der Waals surface area contributed by atoms with Crippen LogP contribution in [-0.4, -0.2) is 22.5 Å². The maximum atomic E-state index is 13.1. The lowest BCUT2D eigenvalue weighted by atomic mass is 9.93. The molecule has 0 bridgehead atoms. The van der Waals surface area contributed by atoms with Gasteiger partial charge >= 0.3 is 0 Å². The van der Waals surface area contributed by atoms with E-state index in [2.05, 4.69) is 20.8 Å². The number of carbonyl (C=O) groups is 2. The lowest BCUT2D eigenvalue weighted by molar-refractivity contribution is 0.0953. The normalized spacial score (nSPS) is 14.3. The molecule has 0 saturated carbocycles. The quantitative estimate of drug-likeness (QED) is 0.644. The molecule has 0 saturated heterocycles. The average Bonchev–Trinajstić information content (AvgIpc) is 3.11. The molecule has 2 amide bonds. The van der Waals surface area contributed by atoms with Crippen molar-refractivity contribution in [3.8, 4) is 0 Å². The van der Waals surface area contributed by atoms with E-state index in [-0.39, 0.29) is 17.5 Å². The second-order valence-electron chi connectivity index (χ2n) is 6.90. The number of fused-ring (bicyclic) bond motifs is 1. The van der Waals surface area contributed by atoms with Crippen molar-refractivity contribution in [3.05, 3.63) is 82.8 Å². The lowest BCUT2D eigenvalue weighted by Gasteiger charge is -2.13. The van der Waals surface area contributed by atoms with E-state index < -0.39 is 5.91 Å². The first-order chi connectivity index (χ1) is 14.5. The van der Waals surface area contributed by atoms with Crippen molar-refractivity contribution in [1.82, 2.24) is 10.4 Å². The fourth-order valence-corrected chi connectivity index (χ4v) is 3.40. The van der Waals surface area contributed by atoms with Crippen molar-refractivity contribution >= 4 is 23.2 Å². The molecule has 0 aliphatic heterocycles. The minimum Gasteiger partial charge on any atom is -0.455 e. The van der Waals surface area contributed by atoms with E-state index in [1.165, 1.54) is 36.7 Å². The Morgan fingerprint density at radius 1 is 1.07 bits per heavy atom. The molecule has 30 heavy (non-hydrogen) atoms. The number of rotatable bonds is 4. The van der Waals surface area contributed by atoms with Crippen LogP contribution in [0.25, 0.3) is 0 Å². The Hall–Kier alpha value is -3.81. The Labute approximate surface area is 172 Å². The average molecular weight is 406 g/mol. The molecule has 0 fully saturated rings. The van der Waals surface area contributed by atoms with Crippen molar-refractivity contribution in [2.75, 3.05) is 5.32 Å². The van der Waals surface area contributed by atoms with Crippen LogP contribution < -0.4 is 10.7 Å². The van der Waals surface area contributed by atoms with Crippen LogP contribution in [0.1, 0.15) is 50.6 Å². The summed E-state index contributed by atoms with van der Waals surface area (Å²) in [5.41, 5.74) is 5.55. The summed E-state index contributed by atoms with van der Waals surface area (Å²) in [5.74, 6) is -0.298. The van der Waals surface area contributed by atoms with E-state index in [1.54, 1.807) is 19.1 Å². The van der Waals surface area contributed by atoms with E-state index in [0.29, 0.717) is 41.1 Å². The third-order valence-electron chi connectivity index (χ3n) is 4.87. The lowest BCUT2D eigenvalue weighted by Crippen LogP contribution is -2.22. The fraction of sp³-hybridized carbons (Fsp3) is 0.182. The van der Waals surface area contributed by atoms with E-state index in [4.69, 9.17) is 4.42 Å². The second-order valence-corrected chi connectivity index (χ2v) is 6.90. The molecule has 2 aromatic heterocycles. The third-order valence-corrected chi connectivity index (χ3v) is 4.87. The highest BCUT2D eigenvalue weighted by Crippen LogP contribution is 2.30. The summed E-state index contributed by atoms with van der Waals surface area (Å²) >= 11 is 0. The number of hydrogen-bond donors (Lipinski definition) is 2. The monoisotopic (exact) mass is 406 g/mol. The number of aryl methyl sites for hydroxylation is 1. The summed E-state index contributed by atoms with van der Waals surface area (Å²) in [6.07, 6.45) is 5.20. The number of furan rings is 1. The Bertz CT molecular complexity index is 1120. The summed E-state index contributed by atoms with van der Waals surface area (Å²) in [5, 5.41) is 7.00. The molecule has 2 heterocycles. The summed E-state index contributed by atoms with van der Waals surface area (Å²) in [6.45, 7) is 1.79. The van der Waals surface area contributed by atoms with E-state index in [9.17, 15) is 14.0 Å². The molecular weight excluding hydrogens is 387 g/mol. The van der Waals surface area contributed by atoms with Crippen LogP contribution in [0.4, 0.5) is 10.1 Å². The van der Waals surface area contributed by atoms with E-state index in [0.717, 1.165) is 12.0 Å². The molecule has 1 aliphatic rings. The smallest absolute Gasteiger partial charge is 0.291 e. The number of nitrogens with one attached hydrogen (secondary N) is 2. The summed E-state index contributed by atoms with van der Waals surface area (Å²) in [7, 11) is 0. The highest BCUT2D eigenvalue weighted by atomic mass is 19.1. The van der Waals surface area contributed by atoms with Crippen molar-refractivity contribution < 1.29 is 18.4 Å². The number of hydrazone groups is 1. The molecule has 8 heteroatoms. The number of pyridine rings is 1. The minimum absolute atomic E-state index is 0.180. The van der Waals surface area contributed by atoms with Gasteiger partial charge in [0, 0.05) is 41.2 Å². The van der Waals surface area contributed by atoms with Crippen molar-refractivity contribution in [2.45, 2.75) is 26.2 Å². The van der Waals surface area contributed by atoms with Gasteiger partial charge in [-0.1, -0.05) is 0 Å². The van der Waals surface area contributed by atoms with Crippen LogP contribution in [0.3, 0.4) is 0 Å². The predicted molar refractivity (Wildman–Crippen MR) is 109 cm³/mol. The summed E-state index contributed by atoms with van der Waals surface area (Å²) < 4.78 is 18.9. The Kier molecular flexibility index (Phi) is 5.38. The molecule has 4 rings (SSSR count). The van der Waals surface area contributed by atoms with E-state index in [1.807, 2.05) is 0 Å². The molecule has 1 aliphatic carbocycles. The van der Waals surface area contributed by atoms with Gasteiger partial charge in [0.05, 0.1) is 5.71 Å². The zero-order valence-corrected chi connectivity index (χ0v) is 16.2. The second kappa shape index (κ2) is 8.28. The maximum absolute atomic E-state index is 13.1. The van der Waals surface area contributed by atoms with Gasteiger partial charge in [-0.3, -0.25) is 14.6 Å². The molecule has 7 nitrogen and oxygen atoms in total. The SMILES string of the molecule is Cc1c(C(=O)Nc2ccc(F)cc2)oc2c1/C(=N/NC(=O)c1ccncc1)CCC2. The molecule has 0 unspecified atom stereocenters. The topological polar surface area (TPSA) is 96.6 Å². The third kappa shape index (κ3) is 3.98. The van der Waals surface area contributed by atoms with Crippen LogP contribution in [0, 0.1) is 12.7 Å². The number of amides is 2. The van der Waals surface area contributed by atoms with Gasteiger partial charge in [0.25, 0.3) is 11.8 Å². The predicted octanol–water partition coefficient (Wildman–Crippen LogP) is 3.84. The van der Waals surface area contributed by atoms with E-state index >= 15 is 0 Å². The van der Waals surface area contributed by atoms with Gasteiger partial charge < -0.3 is 9.73 Å². The largest absolute Gasteiger partial charge is 0.455 e. The molecule has 1 aromatic carbocycles. The van der Waals surface area contributed by atoms with Crippen molar-refractivity contribution in [1.29, 1.82) is 0 Å². The zero-order valence-electron chi connectivity index (χ0n) is 16.2. The Morgan fingerprint density at radius 3 is 2.53 bits per heavy atom. The number of aromatic nitrogens is 1. The first-order valence-electron chi connectivity index (χ1n) is 9.49. The van der Waals surface area contributed by atoms with Crippen LogP contribution in [0.15, 0.2) is 58.3 Å². The van der Waals surface area contributed by atoms with Gasteiger partial charge in [-0.15, -0.1) is 0 Å². The van der Waals surface area contributed by atoms with Crippen LogP contribution in [-0.2, 0) is 6.42 Å². The molecule has 0 radical (unpaired) electrons. The zero-order chi connectivity index (χ0) is 21.1. The number of nitrogens with zero attached hydrogens (tertiary/aromatic N) is 2. The van der Waals surface area contributed by atoms with Gasteiger partial charge in [-0.25, -0.2) is 9.82 Å². The molecule has 152 valence electrons. The minimum atomic E-state index is -0.423. The first-order valence-corrected chi connectivity index (χ1v) is 9.49. The van der Waals surface area contributed by atoms with Gasteiger partial charge in [-0.2, -0.15) is 5.10 Å². The maximum Gasteiger partial charge on any atom is 0.291 e. The molecule has 2 N–H and O–H groups in total. The highest BCUT2D eigenvalue weighted by molar-refractivity contribution is 6.09. The van der Waals surface area contributed by atoms with Crippen LogP contribution in [0.2, 0.25) is 0 Å². The molecule has 0 spiro atoms. The number of halogens is 1. The summed E-state index contributed by atoms with van der Waals surface area (Å²) in [4.78, 5) is 28.8. The fourth-order valence-electron chi connectivity index (χ4n) is 3.40. The first kappa shape index (κ1) is 19.5. The molecule has 0 atom stereocenters. The number of carbonyl (C=O) groups excluding carboxylic acids is 2. The standard InChI is InChI=1S/C22H19FN4O3/c1-13-19-17(26-27-21(28)14-9-11-24-12-10-14)3-2-4-18(19)30-20(13)22(29)25-16-7-5-15(23)6-8-16/h5-12H,2-4H2,1H3,(H,25,29)(H,27,28)/b26-17+. The van der Waals surface area contributed by atoms with Gasteiger partial charge in [-0.05, 0) is 56.2 Å². The number of hydrogen-bond acceptors (Lipinski definition) is 5. The Balaban J connectivity index is 1.56. The van der Waals surface area contributed by atoms with Crippen LogP contribution in [0.5, 0.6) is 0 Å². The number of benzene rings is 1. The number of anilines is 1. The van der Waals surface area contributed by atoms with Crippen molar-refractivity contribution in [2.24, 2.45) is 5.10 Å². The molecule has 3 aromatic rings. The molecular formula is C22H19FN4O3. The van der Waals surface area contributed by atoms with Gasteiger partial charge in [0.15, 0.2) is 5.76 Å².